The van der Waals surface area contributed by atoms with E-state index >= 15 is 0 Å². The highest BCUT2D eigenvalue weighted by Crippen LogP contribution is 2.15. The number of ether oxygens (including phenoxy) is 1. The maximum absolute atomic E-state index is 11.5. The van der Waals surface area contributed by atoms with E-state index in [9.17, 15) is 9.59 Å². The van der Waals surface area contributed by atoms with Crippen molar-refractivity contribution in [2.75, 3.05) is 32.6 Å². The minimum Gasteiger partial charge on any atom is -0.494 e. The first kappa shape index (κ1) is 15.0. The van der Waals surface area contributed by atoms with E-state index in [2.05, 4.69) is 10.6 Å². The lowest BCUT2D eigenvalue weighted by Gasteiger charge is -2.10. The molecule has 1 aromatic rings. The summed E-state index contributed by atoms with van der Waals surface area (Å²) in [6, 6.07) is 6.37. The number of carbonyl (C=O) groups excluding carboxylic acids is 2. The normalized spacial score (nSPS) is 10.1. The fraction of sp³-hybridized carbons (Fsp3) is 0.385. The van der Waals surface area contributed by atoms with Crippen LogP contribution in [0.25, 0.3) is 0 Å². The van der Waals surface area contributed by atoms with E-state index in [-0.39, 0.29) is 12.5 Å². The lowest BCUT2D eigenvalue weighted by atomic mass is 10.3. The SMILES string of the molecule is CCOc1ccc(NC(=O)NC(=O)CN(C)C)cc1. The first-order chi connectivity index (χ1) is 9.01. The summed E-state index contributed by atoms with van der Waals surface area (Å²) < 4.78 is 5.29. The molecule has 104 valence electrons. The minimum absolute atomic E-state index is 0.163. The van der Waals surface area contributed by atoms with Gasteiger partial charge in [-0.1, -0.05) is 0 Å². The number of carbonyl (C=O) groups is 2. The molecule has 0 heterocycles. The van der Waals surface area contributed by atoms with Crippen molar-refractivity contribution in [3.63, 3.8) is 0 Å². The summed E-state index contributed by atoms with van der Waals surface area (Å²) in [6.45, 7) is 2.65. The van der Waals surface area contributed by atoms with Crippen LogP contribution in [0.15, 0.2) is 24.3 Å². The summed E-state index contributed by atoms with van der Waals surface area (Å²) in [7, 11) is 3.51. The standard InChI is InChI=1S/C13H19N3O3/c1-4-19-11-7-5-10(6-8-11)14-13(18)15-12(17)9-16(2)3/h5-8H,4,9H2,1-3H3,(H2,14,15,17,18). The number of anilines is 1. The van der Waals surface area contributed by atoms with Gasteiger partial charge < -0.3 is 15.0 Å². The predicted octanol–water partition coefficient (Wildman–Crippen LogP) is 1.29. The van der Waals surface area contributed by atoms with Crippen LogP contribution in [0.3, 0.4) is 0 Å². The van der Waals surface area contributed by atoms with Crippen LogP contribution in [0, 0.1) is 0 Å². The molecule has 0 aliphatic heterocycles. The molecule has 3 amide bonds. The molecular formula is C13H19N3O3. The molecule has 0 saturated carbocycles. The number of imide groups is 1. The second-order valence-corrected chi connectivity index (χ2v) is 4.20. The van der Waals surface area contributed by atoms with Gasteiger partial charge >= 0.3 is 6.03 Å². The van der Waals surface area contributed by atoms with Gasteiger partial charge in [-0.15, -0.1) is 0 Å². The van der Waals surface area contributed by atoms with Gasteiger partial charge in [-0.25, -0.2) is 4.79 Å². The van der Waals surface area contributed by atoms with E-state index in [0.29, 0.717) is 12.3 Å². The van der Waals surface area contributed by atoms with Crippen LogP contribution in [0.4, 0.5) is 10.5 Å². The van der Waals surface area contributed by atoms with Crippen LogP contribution in [0.2, 0.25) is 0 Å². The Labute approximate surface area is 112 Å². The summed E-state index contributed by atoms with van der Waals surface area (Å²) in [6.07, 6.45) is 0. The van der Waals surface area contributed by atoms with Gasteiger partial charge in [0.1, 0.15) is 5.75 Å². The minimum atomic E-state index is -0.545. The van der Waals surface area contributed by atoms with Crippen molar-refractivity contribution in [2.45, 2.75) is 6.92 Å². The highest BCUT2D eigenvalue weighted by molar-refractivity contribution is 6.01. The summed E-state index contributed by atoms with van der Waals surface area (Å²) in [4.78, 5) is 24.6. The molecule has 0 aromatic heterocycles. The second kappa shape index (κ2) is 7.38. The predicted molar refractivity (Wildman–Crippen MR) is 73.3 cm³/mol. The van der Waals surface area contributed by atoms with E-state index in [0.717, 1.165) is 5.75 Å². The van der Waals surface area contributed by atoms with Gasteiger partial charge in [-0.3, -0.25) is 10.1 Å². The fourth-order valence-corrected chi connectivity index (χ4v) is 1.42. The van der Waals surface area contributed by atoms with Crippen molar-refractivity contribution < 1.29 is 14.3 Å². The Balaban J connectivity index is 2.45. The van der Waals surface area contributed by atoms with Gasteiger partial charge in [0.25, 0.3) is 0 Å². The lowest BCUT2D eigenvalue weighted by molar-refractivity contribution is -0.120. The molecule has 0 spiro atoms. The molecule has 6 nitrogen and oxygen atoms in total. The van der Waals surface area contributed by atoms with Crippen molar-refractivity contribution in [2.24, 2.45) is 0 Å². The second-order valence-electron chi connectivity index (χ2n) is 4.20. The molecule has 19 heavy (non-hydrogen) atoms. The number of benzene rings is 1. The van der Waals surface area contributed by atoms with Crippen LogP contribution >= 0.6 is 0 Å². The van der Waals surface area contributed by atoms with E-state index in [1.807, 2.05) is 6.92 Å². The van der Waals surface area contributed by atoms with Crippen LogP contribution in [0.1, 0.15) is 6.92 Å². The molecule has 0 atom stereocenters. The molecule has 1 rings (SSSR count). The number of hydrogen-bond donors (Lipinski definition) is 2. The van der Waals surface area contributed by atoms with Crippen molar-refractivity contribution in [1.82, 2.24) is 10.2 Å². The summed E-state index contributed by atoms with van der Waals surface area (Å²) in [5, 5.41) is 4.81. The molecule has 0 aliphatic rings. The van der Waals surface area contributed by atoms with Gasteiger partial charge in [-0.05, 0) is 45.3 Å². The Morgan fingerprint density at radius 1 is 1.21 bits per heavy atom. The molecule has 0 radical (unpaired) electrons. The number of amides is 3. The highest BCUT2D eigenvalue weighted by atomic mass is 16.5. The zero-order valence-corrected chi connectivity index (χ0v) is 11.4. The van der Waals surface area contributed by atoms with Gasteiger partial charge in [0.05, 0.1) is 13.2 Å². The van der Waals surface area contributed by atoms with E-state index in [1.165, 1.54) is 0 Å². The third kappa shape index (κ3) is 5.87. The molecule has 0 fully saturated rings. The Hall–Kier alpha value is -2.08. The Morgan fingerprint density at radius 2 is 1.84 bits per heavy atom. The van der Waals surface area contributed by atoms with Crippen LogP contribution < -0.4 is 15.4 Å². The summed E-state index contributed by atoms with van der Waals surface area (Å²) in [5.41, 5.74) is 0.596. The zero-order valence-electron chi connectivity index (χ0n) is 11.4. The van der Waals surface area contributed by atoms with Gasteiger partial charge in [-0.2, -0.15) is 0 Å². The topological polar surface area (TPSA) is 70.7 Å². The van der Waals surface area contributed by atoms with Gasteiger partial charge in [0, 0.05) is 5.69 Å². The van der Waals surface area contributed by atoms with Gasteiger partial charge in [0.15, 0.2) is 0 Å². The van der Waals surface area contributed by atoms with Crippen LogP contribution in [-0.4, -0.2) is 44.1 Å². The Morgan fingerprint density at radius 3 is 2.37 bits per heavy atom. The number of likely N-dealkylation sites (N-methyl/N-ethyl adjacent to an activating group) is 1. The summed E-state index contributed by atoms with van der Waals surface area (Å²) >= 11 is 0. The van der Waals surface area contributed by atoms with Crippen molar-refractivity contribution in [3.8, 4) is 5.75 Å². The smallest absolute Gasteiger partial charge is 0.325 e. The molecule has 0 saturated heterocycles. The maximum atomic E-state index is 11.5. The third-order valence-corrected chi connectivity index (χ3v) is 2.14. The molecule has 0 bridgehead atoms. The van der Waals surface area contributed by atoms with Crippen molar-refractivity contribution in [1.29, 1.82) is 0 Å². The van der Waals surface area contributed by atoms with Crippen LogP contribution in [0.5, 0.6) is 5.75 Å². The molecule has 1 aromatic carbocycles. The number of nitrogens with one attached hydrogen (secondary N) is 2. The monoisotopic (exact) mass is 265 g/mol. The van der Waals surface area contributed by atoms with Crippen LogP contribution in [-0.2, 0) is 4.79 Å². The fourth-order valence-electron chi connectivity index (χ4n) is 1.42. The molecule has 2 N–H and O–H groups in total. The quantitative estimate of drug-likeness (QED) is 0.841. The Kier molecular flexibility index (Phi) is 5.81. The molecular weight excluding hydrogens is 246 g/mol. The molecule has 0 unspecified atom stereocenters. The van der Waals surface area contributed by atoms with Crippen molar-refractivity contribution in [3.05, 3.63) is 24.3 Å². The zero-order chi connectivity index (χ0) is 14.3. The average Bonchev–Trinajstić information content (AvgIpc) is 2.30. The van der Waals surface area contributed by atoms with E-state index < -0.39 is 6.03 Å². The number of nitrogens with zero attached hydrogens (tertiary/aromatic N) is 1. The lowest BCUT2D eigenvalue weighted by Crippen LogP contribution is -2.39. The van der Waals surface area contributed by atoms with Crippen molar-refractivity contribution >= 4 is 17.6 Å². The summed E-state index contributed by atoms with van der Waals surface area (Å²) in [5.74, 6) is 0.380. The van der Waals surface area contributed by atoms with Gasteiger partial charge in [0.2, 0.25) is 5.91 Å². The van der Waals surface area contributed by atoms with E-state index in [4.69, 9.17) is 4.74 Å². The number of urea groups is 1. The number of hydrogen-bond acceptors (Lipinski definition) is 4. The first-order valence-corrected chi connectivity index (χ1v) is 5.99. The Bertz CT molecular complexity index is 429. The highest BCUT2D eigenvalue weighted by Gasteiger charge is 2.08. The first-order valence-electron chi connectivity index (χ1n) is 5.99. The average molecular weight is 265 g/mol. The number of rotatable bonds is 5. The maximum Gasteiger partial charge on any atom is 0.325 e. The molecule has 0 aliphatic carbocycles. The van der Waals surface area contributed by atoms with E-state index in [1.54, 1.807) is 43.3 Å². The largest absolute Gasteiger partial charge is 0.494 e. The third-order valence-electron chi connectivity index (χ3n) is 2.14. The molecule has 6 heteroatoms.